The maximum absolute atomic E-state index is 11.9. The number of benzene rings is 2. The molecule has 1 heterocycles. The van der Waals surface area contributed by atoms with E-state index in [2.05, 4.69) is 0 Å². The Bertz CT molecular complexity index is 575. The van der Waals surface area contributed by atoms with Gasteiger partial charge in [-0.05, 0) is 12.1 Å². The second kappa shape index (κ2) is 3.62. The zero-order valence-corrected chi connectivity index (χ0v) is 9.76. The summed E-state index contributed by atoms with van der Waals surface area (Å²) in [6.45, 7) is 0. The van der Waals surface area contributed by atoms with Crippen LogP contribution < -0.4 is 14.6 Å². The zero-order chi connectivity index (χ0) is 11.9. The Labute approximate surface area is 98.6 Å². The Balaban J connectivity index is 2.32. The lowest BCUT2D eigenvalue weighted by Crippen LogP contribution is -2.07. The molecule has 0 bridgehead atoms. The van der Waals surface area contributed by atoms with E-state index in [1.54, 1.807) is 24.3 Å². The Hall–Kier alpha value is -1.77. The van der Waals surface area contributed by atoms with Gasteiger partial charge in [-0.3, -0.25) is 0 Å². The van der Waals surface area contributed by atoms with Crippen molar-refractivity contribution < 1.29 is 13.6 Å². The van der Waals surface area contributed by atoms with E-state index in [1.807, 2.05) is 24.3 Å². The van der Waals surface area contributed by atoms with Crippen molar-refractivity contribution in [3.05, 3.63) is 48.5 Å². The van der Waals surface area contributed by atoms with Crippen LogP contribution in [0.4, 0.5) is 0 Å². The van der Waals surface area contributed by atoms with Crippen LogP contribution in [0.25, 0.3) is 11.1 Å². The van der Waals surface area contributed by atoms with Crippen LogP contribution in [0.2, 0.25) is 0 Å². The van der Waals surface area contributed by atoms with E-state index in [-0.39, 0.29) is 0 Å². The fourth-order valence-corrected chi connectivity index (χ4v) is 2.73. The molecule has 17 heavy (non-hydrogen) atoms. The van der Waals surface area contributed by atoms with Crippen LogP contribution in [0.15, 0.2) is 48.5 Å². The fraction of sp³-hybridized carbons (Fsp3) is 0. The molecule has 0 saturated carbocycles. The van der Waals surface area contributed by atoms with Crippen molar-refractivity contribution in [3.8, 4) is 22.6 Å². The average molecular weight is 247 g/mol. The van der Waals surface area contributed by atoms with Gasteiger partial charge in [0.05, 0.1) is 0 Å². The Kier molecular flexibility index (Phi) is 2.21. The summed E-state index contributed by atoms with van der Waals surface area (Å²) in [7, 11) is -3.59. The predicted molar refractivity (Wildman–Crippen MR) is 64.9 cm³/mol. The molecule has 0 amide bonds. The molecule has 0 atom stereocenters. The standard InChI is InChI=1S/C12H10NO3P/c13-17(14)15-11-7-3-1-5-9(11)10-6-2-4-8-12(10)16-17/h1-8H,(H2,13,14). The van der Waals surface area contributed by atoms with E-state index in [4.69, 9.17) is 14.6 Å². The second-order valence-corrected chi connectivity index (χ2v) is 5.16. The third-order valence-electron chi connectivity index (χ3n) is 2.52. The quantitative estimate of drug-likeness (QED) is 0.726. The number of nitrogens with two attached hydrogens (primary N) is 1. The highest BCUT2D eigenvalue weighted by Gasteiger charge is 2.29. The first-order chi connectivity index (χ1) is 8.16. The molecule has 2 aromatic carbocycles. The summed E-state index contributed by atoms with van der Waals surface area (Å²) < 4.78 is 22.4. The van der Waals surface area contributed by atoms with Crippen LogP contribution in [0, 0.1) is 0 Å². The molecule has 1 aliphatic heterocycles. The molecule has 3 rings (SSSR count). The third kappa shape index (κ3) is 1.82. The van der Waals surface area contributed by atoms with Gasteiger partial charge in [0.1, 0.15) is 11.5 Å². The normalized spacial score (nSPS) is 15.8. The summed E-state index contributed by atoms with van der Waals surface area (Å²) in [4.78, 5) is 0. The van der Waals surface area contributed by atoms with E-state index in [0.717, 1.165) is 11.1 Å². The monoisotopic (exact) mass is 247 g/mol. The van der Waals surface area contributed by atoms with Gasteiger partial charge in [0.25, 0.3) is 0 Å². The summed E-state index contributed by atoms with van der Waals surface area (Å²) in [6, 6.07) is 14.6. The number of para-hydroxylation sites is 2. The van der Waals surface area contributed by atoms with Crippen molar-refractivity contribution in [2.24, 2.45) is 5.50 Å². The van der Waals surface area contributed by atoms with Crippen molar-refractivity contribution in [3.63, 3.8) is 0 Å². The number of hydrogen-bond acceptors (Lipinski definition) is 3. The van der Waals surface area contributed by atoms with Crippen LogP contribution in [0.1, 0.15) is 0 Å². The van der Waals surface area contributed by atoms with Crippen LogP contribution in [0.5, 0.6) is 11.5 Å². The highest BCUT2D eigenvalue weighted by molar-refractivity contribution is 7.52. The first kappa shape index (κ1) is 10.4. The van der Waals surface area contributed by atoms with Gasteiger partial charge < -0.3 is 9.05 Å². The van der Waals surface area contributed by atoms with Gasteiger partial charge >= 0.3 is 7.75 Å². The minimum atomic E-state index is -3.59. The lowest BCUT2D eigenvalue weighted by Gasteiger charge is -2.12. The molecule has 0 saturated heterocycles. The Morgan fingerprint density at radius 1 is 0.824 bits per heavy atom. The van der Waals surface area contributed by atoms with E-state index in [9.17, 15) is 4.57 Å². The summed E-state index contributed by atoms with van der Waals surface area (Å²) in [5, 5.41) is 0. The third-order valence-corrected chi connectivity index (χ3v) is 3.42. The molecule has 2 aromatic rings. The molecular weight excluding hydrogens is 237 g/mol. The maximum Gasteiger partial charge on any atom is 0.510 e. The summed E-state index contributed by atoms with van der Waals surface area (Å²) in [5.74, 6) is 0.951. The van der Waals surface area contributed by atoms with Crippen LogP contribution in [-0.2, 0) is 4.57 Å². The summed E-state index contributed by atoms with van der Waals surface area (Å²) >= 11 is 0. The van der Waals surface area contributed by atoms with Crippen LogP contribution >= 0.6 is 7.75 Å². The number of rotatable bonds is 0. The molecule has 1 aliphatic rings. The number of hydrogen-bond donors (Lipinski definition) is 1. The van der Waals surface area contributed by atoms with Crippen molar-refractivity contribution in [2.75, 3.05) is 0 Å². The van der Waals surface area contributed by atoms with Crippen molar-refractivity contribution in [1.82, 2.24) is 0 Å². The number of fused-ring (bicyclic) bond motifs is 3. The van der Waals surface area contributed by atoms with E-state index in [1.165, 1.54) is 0 Å². The topological polar surface area (TPSA) is 61.6 Å². The summed E-state index contributed by atoms with van der Waals surface area (Å²) in [6.07, 6.45) is 0. The molecular formula is C12H10NO3P. The minimum absolute atomic E-state index is 0.475. The minimum Gasteiger partial charge on any atom is -0.404 e. The van der Waals surface area contributed by atoms with Gasteiger partial charge in [-0.2, -0.15) is 0 Å². The molecule has 0 unspecified atom stereocenters. The molecule has 5 heteroatoms. The SMILES string of the molecule is NP1(=O)Oc2ccccc2-c2ccccc2O1. The highest BCUT2D eigenvalue weighted by atomic mass is 31.2. The van der Waals surface area contributed by atoms with Crippen molar-refractivity contribution in [1.29, 1.82) is 0 Å². The van der Waals surface area contributed by atoms with Crippen LogP contribution in [-0.4, -0.2) is 0 Å². The van der Waals surface area contributed by atoms with Crippen LogP contribution in [0.3, 0.4) is 0 Å². The molecule has 0 spiro atoms. The zero-order valence-electron chi connectivity index (χ0n) is 8.87. The lowest BCUT2D eigenvalue weighted by atomic mass is 10.0. The predicted octanol–water partition coefficient (Wildman–Crippen LogP) is 3.19. The van der Waals surface area contributed by atoms with Gasteiger partial charge in [0, 0.05) is 11.1 Å². The fourth-order valence-electron chi connectivity index (χ4n) is 1.83. The first-order valence-corrected chi connectivity index (χ1v) is 6.73. The van der Waals surface area contributed by atoms with E-state index in [0.29, 0.717) is 11.5 Å². The largest absolute Gasteiger partial charge is 0.510 e. The van der Waals surface area contributed by atoms with Gasteiger partial charge in [-0.15, -0.1) is 0 Å². The van der Waals surface area contributed by atoms with Crippen molar-refractivity contribution in [2.45, 2.75) is 0 Å². The van der Waals surface area contributed by atoms with Gasteiger partial charge in [-0.1, -0.05) is 36.4 Å². The lowest BCUT2D eigenvalue weighted by molar-refractivity contribution is 0.392. The smallest absolute Gasteiger partial charge is 0.404 e. The molecule has 2 N–H and O–H groups in total. The maximum atomic E-state index is 11.9. The van der Waals surface area contributed by atoms with E-state index >= 15 is 0 Å². The van der Waals surface area contributed by atoms with Crippen molar-refractivity contribution >= 4 is 7.75 Å². The first-order valence-electron chi connectivity index (χ1n) is 5.12. The molecule has 0 aliphatic carbocycles. The average Bonchev–Trinajstić information content (AvgIpc) is 2.40. The molecule has 0 radical (unpaired) electrons. The van der Waals surface area contributed by atoms with Gasteiger partial charge in [-0.25, -0.2) is 10.1 Å². The van der Waals surface area contributed by atoms with Gasteiger partial charge in [0.15, 0.2) is 0 Å². The van der Waals surface area contributed by atoms with E-state index < -0.39 is 7.75 Å². The molecule has 0 fully saturated rings. The Morgan fingerprint density at radius 2 is 1.24 bits per heavy atom. The second-order valence-electron chi connectivity index (χ2n) is 3.71. The summed E-state index contributed by atoms with van der Waals surface area (Å²) in [5.41, 5.74) is 7.17. The molecule has 86 valence electrons. The van der Waals surface area contributed by atoms with Gasteiger partial charge in [0.2, 0.25) is 0 Å². The molecule has 0 aromatic heterocycles. The Morgan fingerprint density at radius 3 is 1.71 bits per heavy atom. The highest BCUT2D eigenvalue weighted by Crippen LogP contribution is 2.51. The molecule has 4 nitrogen and oxygen atoms in total.